The predicted octanol–water partition coefficient (Wildman–Crippen LogP) is 28.7. The minimum atomic E-state index is 0.0740. The summed E-state index contributed by atoms with van der Waals surface area (Å²) in [5, 5.41) is 8.49. The Morgan fingerprint density at radius 1 is 0.381 bits per heavy atom. The van der Waals surface area contributed by atoms with E-state index in [1.165, 1.54) is 136 Å². The molecule has 0 unspecified atom stereocenters. The molecule has 14 aromatic rings. The summed E-state index contributed by atoms with van der Waals surface area (Å²) in [5.41, 5.74) is 21.4. The Bertz CT molecular complexity index is 5930. The summed E-state index contributed by atoms with van der Waals surface area (Å²) in [5.74, 6) is 4.22. The summed E-state index contributed by atoms with van der Waals surface area (Å²) in [7, 11) is 4.07. The van der Waals surface area contributed by atoms with Gasteiger partial charge < -0.3 is 19.5 Å². The van der Waals surface area contributed by atoms with Gasteiger partial charge in [-0.05, 0) is 304 Å². The Balaban J connectivity index is 0.000000172. The van der Waals surface area contributed by atoms with E-state index >= 15 is 0 Å². The van der Waals surface area contributed by atoms with Gasteiger partial charge in [0, 0.05) is 122 Å². The molecule has 1 saturated carbocycles. The van der Waals surface area contributed by atoms with Gasteiger partial charge in [0.1, 0.15) is 46.3 Å². The van der Waals surface area contributed by atoms with Crippen LogP contribution in [0.25, 0.3) is 64.8 Å². The number of likely N-dealkylation sites (N-methyl/N-ethyl adjacent to an activating group) is 1. The lowest BCUT2D eigenvalue weighted by Gasteiger charge is -2.32. The Labute approximate surface area is 803 Å². The summed E-state index contributed by atoms with van der Waals surface area (Å²) in [6.45, 7) is 31.0. The molecule has 13 nitrogen and oxygen atoms in total. The van der Waals surface area contributed by atoms with Crippen molar-refractivity contribution in [2.24, 2.45) is 48.5 Å². The van der Waals surface area contributed by atoms with E-state index in [0.29, 0.717) is 17.3 Å². The van der Waals surface area contributed by atoms with Crippen molar-refractivity contribution < 1.29 is 38.4 Å². The average molecular weight is 1820 g/mol. The van der Waals surface area contributed by atoms with Crippen molar-refractivity contribution in [3.63, 3.8) is 0 Å². The first-order chi connectivity index (χ1) is 64.5. The highest BCUT2D eigenvalue weighted by atomic mass is 32.1. The number of aromatic amines is 3. The maximum Gasteiger partial charge on any atom is 0.147 e. The molecule has 3 N–H and O–H groups in total. The van der Waals surface area contributed by atoms with Crippen molar-refractivity contribution in [2.75, 3.05) is 7.05 Å². The second-order valence-corrected chi connectivity index (χ2v) is 38.1. The molecule has 2 aliphatic rings. The van der Waals surface area contributed by atoms with Gasteiger partial charge in [0.2, 0.25) is 0 Å². The van der Waals surface area contributed by atoms with Gasteiger partial charge in [0.05, 0.1) is 6.04 Å². The Morgan fingerprint density at radius 3 is 1.34 bits per heavy atom. The molecule has 708 valence electrons. The number of nitrogens with one attached hydrogen (secondary N) is 3. The van der Waals surface area contributed by atoms with Gasteiger partial charge in [-0.3, -0.25) is 43.3 Å². The lowest BCUT2D eigenvalue weighted by molar-refractivity contribution is -0.122. The number of rotatable bonds is 31. The van der Waals surface area contributed by atoms with Crippen LogP contribution >= 0.6 is 11.3 Å². The number of hydrogen-bond acceptors (Lipinski definition) is 10. The summed E-state index contributed by atoms with van der Waals surface area (Å²) >= 11 is 1.77. The number of hydrogen-bond donors (Lipinski definition) is 3. The fourth-order valence-electron chi connectivity index (χ4n) is 18.6. The van der Waals surface area contributed by atoms with Gasteiger partial charge in [0.25, 0.3) is 0 Å². The van der Waals surface area contributed by atoms with Crippen LogP contribution in [0, 0.1) is 48.3 Å². The number of aryl methyl sites for hydroxylation is 2. The van der Waals surface area contributed by atoms with Gasteiger partial charge in [-0.2, -0.15) is 0 Å². The highest BCUT2D eigenvalue weighted by molar-refractivity contribution is 7.17. The van der Waals surface area contributed by atoms with Gasteiger partial charge in [0.15, 0.2) is 0 Å². The van der Waals surface area contributed by atoms with Gasteiger partial charge >= 0.3 is 0 Å². The molecule has 0 bridgehead atoms. The maximum atomic E-state index is 11.5. The summed E-state index contributed by atoms with van der Waals surface area (Å²) in [6.07, 6.45) is 26.4. The minimum Gasteiger partial charge on any atom is -0.361 e. The molecule has 1 aliphatic heterocycles. The van der Waals surface area contributed by atoms with Gasteiger partial charge in [-0.25, -0.2) is 0 Å². The van der Waals surface area contributed by atoms with E-state index in [1.807, 2.05) is 74.0 Å². The number of aromatic nitrogens is 4. The van der Waals surface area contributed by atoms with Crippen LogP contribution in [-0.2, 0) is 103 Å². The van der Waals surface area contributed by atoms with E-state index in [4.69, 9.17) is 0 Å². The zero-order chi connectivity index (χ0) is 96.9. The SMILES string of the molecule is CC(=O)[C@@H]1Cc2ccccc2CN1C.CC[C@@H](Cc1c[nH]c2ccc(C)cc12)C(C)=O.CC[C@@H](Cc1c[nH]c2ccccc12)C(C)=O.CC[C@@H](Cc1cc2ccccc2[nH]1)C(C)=O.CC[C@@H](Cc1ccc(-c2ccccc2)cc1)C(C)=O.CC[C@@H](Cc1ccc(C2CCCCC2)cc1)C(C)=O.CC[C@@H](Cc1cn(C)c2ccccc12)C(C)=O.CC[C@@H](Cc1csc2ccccc12)C(C)=O. The van der Waals surface area contributed by atoms with E-state index < -0.39 is 0 Å². The number of Topliss-reactive ketones (excluding diaryl/α,β-unsaturated/α-hetero) is 8. The first kappa shape index (κ1) is 106. The Kier molecular flexibility index (Phi) is 42.8. The zero-order valence-corrected chi connectivity index (χ0v) is 84.1. The number of nitrogens with zero attached hydrogens (tertiary/aromatic N) is 2. The molecule has 1 aliphatic carbocycles. The van der Waals surface area contributed by atoms with E-state index in [2.05, 4.69) is 268 Å². The molecule has 14 heteroatoms. The normalized spacial score (nSPS) is 14.4. The van der Waals surface area contributed by atoms with Crippen LogP contribution < -0.4 is 0 Å². The van der Waals surface area contributed by atoms with Crippen molar-refractivity contribution in [2.45, 2.75) is 258 Å². The van der Waals surface area contributed by atoms with E-state index in [0.717, 1.165) is 131 Å². The molecule has 0 spiro atoms. The van der Waals surface area contributed by atoms with Crippen LogP contribution in [0.3, 0.4) is 0 Å². The summed E-state index contributed by atoms with van der Waals surface area (Å²) in [6, 6.07) is 78.1. The molecule has 8 atom stereocenters. The number of para-hydroxylation sites is 3. The smallest absolute Gasteiger partial charge is 0.147 e. The molecule has 0 amide bonds. The number of thiophene rings is 1. The van der Waals surface area contributed by atoms with Gasteiger partial charge in [-0.15, -0.1) is 11.3 Å². The van der Waals surface area contributed by atoms with Crippen molar-refractivity contribution >= 4 is 111 Å². The zero-order valence-electron chi connectivity index (χ0n) is 83.3. The number of carbonyl (C=O) groups is 8. The number of benzene rings is 9. The van der Waals surface area contributed by atoms with E-state index in [1.54, 1.807) is 66.7 Å². The molecule has 1 fully saturated rings. The van der Waals surface area contributed by atoms with E-state index in [-0.39, 0.29) is 76.4 Å². The molecule has 0 saturated heterocycles. The fraction of sp³-hybridized carbons (Fsp3) is 0.400. The maximum absolute atomic E-state index is 11.5. The minimum absolute atomic E-state index is 0.0740. The molecule has 16 rings (SSSR count). The van der Waals surface area contributed by atoms with E-state index in [9.17, 15) is 38.4 Å². The standard InChI is InChI=1S/C18H26O.C18H20O.2C15H19NO.2C14H17NO.C14H16OS.C12H15NO/c2*1-3-16(14(2)19)13-15-9-11-18(12-10-15)17-7-5-4-6-8-17;1-4-12(11(3)17)8-13-9-16-15-6-5-10(2)7-14(13)15;1-4-12(11(2)17)9-13-10-16(3)15-8-6-5-7-14(13)15;1-3-11(10(2)16)8-12-9-15-14-7-5-4-6-13(12)14;1-3-11(10(2)16)8-13-9-12-6-4-5-7-14(12)15-13;1-3-11(10(2)15)8-12-9-16-14-7-5-4-6-13(12)14;1-9(14)12-7-10-5-3-4-6-11(10)8-13(12)2/h9-12,16-17H,3-8,13H2,1-2H3;4-12,16H,3,13H2,1-2H3;5-7,9,12,16H,4,8H2,1-3H3;5-8,10,12H,4,9H2,1-3H3;2*4-7,9,11,15H,3,8H2,1-2H3;4-7,9,11H,3,8H2,1-2H3;3-6,12H,7-8H2,1-2H3/t2*16-;2*12-;3*11-;12-/m00000000/s1. The molecular formula is C120H149N5O8S. The summed E-state index contributed by atoms with van der Waals surface area (Å²) < 4.78 is 3.45. The molecular weight excluding hydrogens is 1670 g/mol. The summed E-state index contributed by atoms with van der Waals surface area (Å²) in [4.78, 5) is 104. The van der Waals surface area contributed by atoms with Crippen molar-refractivity contribution in [3.05, 3.63) is 310 Å². The second kappa shape index (κ2) is 54.1. The largest absolute Gasteiger partial charge is 0.361 e. The average Bonchev–Trinajstić information content (AvgIpc) is 1.71. The van der Waals surface area contributed by atoms with Crippen molar-refractivity contribution in [1.82, 2.24) is 24.4 Å². The third-order valence-corrected chi connectivity index (χ3v) is 28.6. The van der Waals surface area contributed by atoms with Gasteiger partial charge in [-0.1, -0.05) is 255 Å². The second-order valence-electron chi connectivity index (χ2n) is 37.2. The molecule has 5 aromatic heterocycles. The van der Waals surface area contributed by atoms with Crippen molar-refractivity contribution in [3.8, 4) is 11.1 Å². The quantitative estimate of drug-likeness (QED) is 0.0379. The van der Waals surface area contributed by atoms with Crippen LogP contribution in [0.5, 0.6) is 0 Å². The Morgan fingerprint density at radius 2 is 0.806 bits per heavy atom. The number of fused-ring (bicyclic) bond motifs is 6. The number of ketones is 8. The first-order valence-corrected chi connectivity index (χ1v) is 50.1. The molecule has 0 radical (unpaired) electrons. The molecule has 9 aromatic carbocycles. The molecule has 6 heterocycles. The highest BCUT2D eigenvalue weighted by Gasteiger charge is 2.27. The fourth-order valence-corrected chi connectivity index (χ4v) is 19.6. The monoisotopic (exact) mass is 1820 g/mol. The predicted molar refractivity (Wildman–Crippen MR) is 562 cm³/mol. The van der Waals surface area contributed by atoms with Crippen LogP contribution in [0.1, 0.15) is 248 Å². The first-order valence-electron chi connectivity index (χ1n) is 49.2. The van der Waals surface area contributed by atoms with Crippen LogP contribution in [0.15, 0.2) is 248 Å². The molecule has 134 heavy (non-hydrogen) atoms. The highest BCUT2D eigenvalue weighted by Crippen LogP contribution is 2.35. The topological polar surface area (TPSA) is 192 Å². The van der Waals surface area contributed by atoms with Crippen molar-refractivity contribution in [1.29, 1.82) is 0 Å². The number of carbonyl (C=O) groups excluding carboxylic acids is 8. The third kappa shape index (κ3) is 31.5. The Hall–Kier alpha value is -11.6. The lowest BCUT2D eigenvalue weighted by Crippen LogP contribution is -2.42. The van der Waals surface area contributed by atoms with Crippen LogP contribution in [0.4, 0.5) is 0 Å². The number of H-pyrrole nitrogens is 3. The lowest BCUT2D eigenvalue weighted by atomic mass is 9.83. The van der Waals surface area contributed by atoms with Crippen LogP contribution in [0.2, 0.25) is 0 Å². The van der Waals surface area contributed by atoms with Crippen LogP contribution in [-0.4, -0.2) is 83.8 Å². The third-order valence-electron chi connectivity index (χ3n) is 27.6.